The summed E-state index contributed by atoms with van der Waals surface area (Å²) in [5.41, 5.74) is 6.90. The lowest BCUT2D eigenvalue weighted by atomic mass is 9.69. The number of hydrogen-bond acceptors (Lipinski definition) is 2. The van der Waals surface area contributed by atoms with Crippen molar-refractivity contribution in [3.05, 3.63) is 76.0 Å². The first-order valence-electron chi connectivity index (χ1n) is 10.4. The average molecular weight is 388 g/mol. The third-order valence-electron chi connectivity index (χ3n) is 6.19. The number of anilines is 1. The number of hydrogen-bond donors (Lipinski definition) is 0. The Kier molecular flexibility index (Phi) is 4.72. The van der Waals surface area contributed by atoms with Gasteiger partial charge in [0.15, 0.2) is 5.78 Å². The van der Waals surface area contributed by atoms with Crippen LogP contribution in [0.3, 0.4) is 0 Å². The van der Waals surface area contributed by atoms with Gasteiger partial charge in [-0.2, -0.15) is 0 Å². The summed E-state index contributed by atoms with van der Waals surface area (Å²) >= 11 is 0. The molecule has 0 N–H and O–H groups in total. The Morgan fingerprint density at radius 2 is 1.66 bits per heavy atom. The Hall–Kier alpha value is -2.68. The molecule has 0 spiro atoms. The van der Waals surface area contributed by atoms with Crippen molar-refractivity contribution in [3.8, 4) is 0 Å². The Morgan fingerprint density at radius 1 is 0.931 bits per heavy atom. The average Bonchev–Trinajstić information content (AvgIpc) is 2.62. The van der Waals surface area contributed by atoms with Crippen LogP contribution in [0.1, 0.15) is 61.3 Å². The highest BCUT2D eigenvalue weighted by molar-refractivity contribution is 6.08. The van der Waals surface area contributed by atoms with Gasteiger partial charge in [-0.1, -0.05) is 55.8 Å². The van der Waals surface area contributed by atoms with Crippen molar-refractivity contribution in [2.45, 2.75) is 59.8 Å². The fourth-order valence-electron chi connectivity index (χ4n) is 4.83. The van der Waals surface area contributed by atoms with Crippen molar-refractivity contribution in [2.24, 2.45) is 5.41 Å². The van der Waals surface area contributed by atoms with E-state index in [0.29, 0.717) is 12.8 Å². The lowest BCUT2D eigenvalue weighted by Crippen LogP contribution is -2.44. The van der Waals surface area contributed by atoms with E-state index in [1.807, 2.05) is 24.8 Å². The summed E-state index contributed by atoms with van der Waals surface area (Å²) < 4.78 is 0. The van der Waals surface area contributed by atoms with E-state index in [1.165, 1.54) is 0 Å². The number of amides is 1. The lowest BCUT2D eigenvalue weighted by Gasteiger charge is -2.43. The number of allylic oxidation sites excluding steroid dienone is 2. The minimum absolute atomic E-state index is 0.0782. The molecular formula is C26H29NO2. The zero-order valence-corrected chi connectivity index (χ0v) is 18.0. The number of carbonyl (C=O) groups excluding carboxylic acids is 2. The number of aryl methyl sites for hydroxylation is 3. The second-order valence-corrected chi connectivity index (χ2v) is 9.49. The quantitative estimate of drug-likeness (QED) is 0.655. The Balaban J connectivity index is 1.94. The van der Waals surface area contributed by atoms with Crippen molar-refractivity contribution in [1.82, 2.24) is 0 Å². The first-order valence-corrected chi connectivity index (χ1v) is 10.4. The van der Waals surface area contributed by atoms with Crippen molar-refractivity contribution >= 4 is 17.4 Å². The first kappa shape index (κ1) is 19.6. The normalized spacial score (nSPS) is 21.4. The van der Waals surface area contributed by atoms with Crippen LogP contribution in [0.15, 0.2) is 53.7 Å². The largest absolute Gasteiger partial charge is 0.294 e. The van der Waals surface area contributed by atoms with E-state index in [-0.39, 0.29) is 23.0 Å². The standard InChI is InChI=1S/C26H29NO2/c1-16-7-6-8-19(11-16)20-13-24(29)27(21-12-17(2)9-10-18(21)3)22-14-26(4,5)15-23(28)25(20)22/h6-12,20H,13-15H2,1-5H3. The molecule has 0 radical (unpaired) electrons. The molecule has 1 aliphatic heterocycles. The van der Waals surface area contributed by atoms with E-state index in [2.05, 4.69) is 57.2 Å². The maximum Gasteiger partial charge on any atom is 0.232 e. The molecule has 150 valence electrons. The van der Waals surface area contributed by atoms with Crippen molar-refractivity contribution in [3.63, 3.8) is 0 Å². The van der Waals surface area contributed by atoms with E-state index < -0.39 is 0 Å². The molecule has 2 aliphatic rings. The summed E-state index contributed by atoms with van der Waals surface area (Å²) in [5, 5.41) is 0. The monoisotopic (exact) mass is 387 g/mol. The number of carbonyl (C=O) groups is 2. The van der Waals surface area contributed by atoms with Gasteiger partial charge in [0.1, 0.15) is 0 Å². The molecule has 0 fully saturated rings. The topological polar surface area (TPSA) is 37.4 Å². The van der Waals surface area contributed by atoms with Gasteiger partial charge >= 0.3 is 0 Å². The smallest absolute Gasteiger partial charge is 0.232 e. The molecule has 1 unspecified atom stereocenters. The minimum atomic E-state index is -0.152. The van der Waals surface area contributed by atoms with Crippen LogP contribution in [0, 0.1) is 26.2 Å². The molecule has 1 atom stereocenters. The van der Waals surface area contributed by atoms with Crippen molar-refractivity contribution < 1.29 is 9.59 Å². The van der Waals surface area contributed by atoms with E-state index >= 15 is 0 Å². The Morgan fingerprint density at radius 3 is 2.38 bits per heavy atom. The van der Waals surface area contributed by atoms with Gasteiger partial charge < -0.3 is 0 Å². The van der Waals surface area contributed by atoms with Gasteiger partial charge in [0.05, 0.1) is 5.69 Å². The van der Waals surface area contributed by atoms with Crippen LogP contribution in [0.5, 0.6) is 0 Å². The van der Waals surface area contributed by atoms with Crippen LogP contribution in [0.25, 0.3) is 0 Å². The van der Waals surface area contributed by atoms with Crippen LogP contribution >= 0.6 is 0 Å². The third kappa shape index (κ3) is 3.55. The molecule has 0 aromatic heterocycles. The molecule has 1 heterocycles. The fraction of sp³-hybridized carbons (Fsp3) is 0.385. The molecule has 3 heteroatoms. The molecular weight excluding hydrogens is 358 g/mol. The van der Waals surface area contributed by atoms with Crippen molar-refractivity contribution in [1.29, 1.82) is 0 Å². The molecule has 3 nitrogen and oxygen atoms in total. The molecule has 0 bridgehead atoms. The molecule has 0 saturated heterocycles. The summed E-state index contributed by atoms with van der Waals surface area (Å²) in [6.45, 7) is 10.4. The summed E-state index contributed by atoms with van der Waals surface area (Å²) in [6.07, 6.45) is 1.60. The fourth-order valence-corrected chi connectivity index (χ4v) is 4.83. The zero-order chi connectivity index (χ0) is 20.9. The second-order valence-electron chi connectivity index (χ2n) is 9.49. The van der Waals surface area contributed by atoms with Gasteiger partial charge in [0.25, 0.3) is 0 Å². The lowest BCUT2D eigenvalue weighted by molar-refractivity contribution is -0.121. The van der Waals surface area contributed by atoms with Crippen LogP contribution < -0.4 is 4.90 Å². The van der Waals surface area contributed by atoms with E-state index in [4.69, 9.17) is 0 Å². The Labute approximate surface area is 173 Å². The molecule has 1 aliphatic carbocycles. The SMILES string of the molecule is Cc1cccc(C2CC(=O)N(c3cc(C)ccc3C)C3=C2C(=O)CC(C)(C)C3)c1. The zero-order valence-electron chi connectivity index (χ0n) is 18.0. The van der Waals surface area contributed by atoms with Gasteiger partial charge in [-0.3, -0.25) is 14.5 Å². The molecule has 4 rings (SSSR count). The number of rotatable bonds is 2. The predicted molar refractivity (Wildman–Crippen MR) is 117 cm³/mol. The highest BCUT2D eigenvalue weighted by Crippen LogP contribution is 2.48. The maximum absolute atomic E-state index is 13.5. The van der Waals surface area contributed by atoms with Crippen LogP contribution in [-0.4, -0.2) is 11.7 Å². The van der Waals surface area contributed by atoms with E-state index in [9.17, 15) is 9.59 Å². The van der Waals surface area contributed by atoms with Gasteiger partial charge in [-0.15, -0.1) is 0 Å². The van der Waals surface area contributed by atoms with Gasteiger partial charge in [0, 0.05) is 30.0 Å². The highest BCUT2D eigenvalue weighted by Gasteiger charge is 2.44. The molecule has 1 amide bonds. The molecule has 2 aromatic rings. The first-order chi connectivity index (χ1) is 13.7. The summed E-state index contributed by atoms with van der Waals surface area (Å²) in [6, 6.07) is 14.4. The number of nitrogens with zero attached hydrogens (tertiary/aromatic N) is 1. The van der Waals surface area contributed by atoms with Gasteiger partial charge in [-0.25, -0.2) is 0 Å². The molecule has 29 heavy (non-hydrogen) atoms. The summed E-state index contributed by atoms with van der Waals surface area (Å²) in [7, 11) is 0. The molecule has 0 saturated carbocycles. The summed E-state index contributed by atoms with van der Waals surface area (Å²) in [4.78, 5) is 28.7. The third-order valence-corrected chi connectivity index (χ3v) is 6.19. The summed E-state index contributed by atoms with van der Waals surface area (Å²) in [5.74, 6) is 0.113. The second kappa shape index (κ2) is 6.98. The highest BCUT2D eigenvalue weighted by atomic mass is 16.2. The molecule has 2 aromatic carbocycles. The van der Waals surface area contributed by atoms with Gasteiger partial charge in [-0.05, 0) is 55.4 Å². The van der Waals surface area contributed by atoms with E-state index in [1.54, 1.807) is 0 Å². The number of ketones is 1. The van der Waals surface area contributed by atoms with Crippen LogP contribution in [0.4, 0.5) is 5.69 Å². The Bertz CT molecular complexity index is 1040. The number of benzene rings is 2. The van der Waals surface area contributed by atoms with Crippen molar-refractivity contribution in [2.75, 3.05) is 4.90 Å². The predicted octanol–water partition coefficient (Wildman–Crippen LogP) is 5.78. The number of Topliss-reactive ketones (excluding diaryl/α,β-unsaturated/α-hetero) is 1. The van der Waals surface area contributed by atoms with Crippen LogP contribution in [-0.2, 0) is 9.59 Å². The minimum Gasteiger partial charge on any atom is -0.294 e. The van der Waals surface area contributed by atoms with E-state index in [0.717, 1.165) is 45.6 Å². The maximum atomic E-state index is 13.5. The van der Waals surface area contributed by atoms with Gasteiger partial charge in [0.2, 0.25) is 5.91 Å². The van der Waals surface area contributed by atoms with Crippen LogP contribution in [0.2, 0.25) is 0 Å².